The van der Waals surface area contributed by atoms with Crippen LogP contribution in [0.2, 0.25) is 0 Å². The Kier molecular flexibility index (Phi) is 3.88. The second-order valence-electron chi connectivity index (χ2n) is 5.41. The summed E-state index contributed by atoms with van der Waals surface area (Å²) in [4.78, 5) is 5.79. The number of nitrogens with zero attached hydrogens (tertiary/aromatic N) is 3. The molecule has 0 saturated carbocycles. The smallest absolute Gasteiger partial charge is 0.164 e. The second-order valence-corrected chi connectivity index (χ2v) is 5.41. The third kappa shape index (κ3) is 2.90. The number of hydrogen-bond donors (Lipinski definition) is 0. The minimum atomic E-state index is -0.302. The molecule has 0 N–H and O–H groups in total. The van der Waals surface area contributed by atoms with Crippen LogP contribution >= 0.6 is 0 Å². The summed E-state index contributed by atoms with van der Waals surface area (Å²) < 4.78 is 24.7. The van der Waals surface area contributed by atoms with Crippen molar-refractivity contribution in [1.29, 1.82) is 0 Å². The first kappa shape index (κ1) is 14.0. The molecule has 0 unspecified atom stereocenters. The van der Waals surface area contributed by atoms with Gasteiger partial charge in [0, 0.05) is 44.8 Å². The Morgan fingerprint density at radius 3 is 3.00 bits per heavy atom. The zero-order chi connectivity index (χ0) is 14.8. The van der Waals surface area contributed by atoms with Crippen molar-refractivity contribution in [3.05, 3.63) is 41.8 Å². The number of ether oxygens (including phenoxy) is 1. The van der Waals surface area contributed by atoms with Crippen LogP contribution in [-0.4, -0.2) is 36.4 Å². The summed E-state index contributed by atoms with van der Waals surface area (Å²) in [6.45, 7) is 3.28. The highest BCUT2D eigenvalue weighted by Crippen LogP contribution is 2.29. The molecule has 0 aromatic carbocycles. The van der Waals surface area contributed by atoms with Gasteiger partial charge in [-0.15, -0.1) is 0 Å². The largest absolute Gasteiger partial charge is 0.379 e. The predicted octanol–water partition coefficient (Wildman–Crippen LogP) is 2.21. The van der Waals surface area contributed by atoms with Gasteiger partial charge in [-0.1, -0.05) is 5.16 Å². The number of hydrogen-bond acceptors (Lipinski definition) is 5. The van der Waals surface area contributed by atoms with Crippen molar-refractivity contribution in [2.45, 2.75) is 19.4 Å². The molecule has 0 spiro atoms. The maximum atomic E-state index is 13.9. The lowest BCUT2D eigenvalue weighted by Crippen LogP contribution is -2.23. The topological polar surface area (TPSA) is 51.4 Å². The van der Waals surface area contributed by atoms with Crippen LogP contribution in [0.15, 0.2) is 29.0 Å². The van der Waals surface area contributed by atoms with E-state index < -0.39 is 0 Å². The van der Waals surface area contributed by atoms with E-state index in [4.69, 9.17) is 9.26 Å². The van der Waals surface area contributed by atoms with E-state index in [-0.39, 0.29) is 17.8 Å². The maximum Gasteiger partial charge on any atom is 0.164 e. The fourth-order valence-electron chi connectivity index (χ4n) is 2.90. The molecule has 0 bridgehead atoms. The van der Waals surface area contributed by atoms with Crippen molar-refractivity contribution < 1.29 is 13.7 Å². The number of pyridine rings is 1. The zero-order valence-electron chi connectivity index (χ0n) is 12.1. The van der Waals surface area contributed by atoms with Crippen molar-refractivity contribution in [2.75, 3.05) is 25.1 Å². The number of anilines is 1. The molecule has 2 aromatic rings. The van der Waals surface area contributed by atoms with E-state index in [0.29, 0.717) is 12.2 Å². The van der Waals surface area contributed by atoms with Crippen molar-refractivity contribution in [3.63, 3.8) is 0 Å². The van der Waals surface area contributed by atoms with Crippen LogP contribution in [0.3, 0.4) is 0 Å². The number of halogens is 1. The van der Waals surface area contributed by atoms with Gasteiger partial charge in [-0.25, -0.2) is 4.39 Å². The van der Waals surface area contributed by atoms with Crippen molar-refractivity contribution in [3.8, 4) is 0 Å². The molecule has 1 aliphatic heterocycles. The standard InChI is InChI=1S/C15H18FN3O2/c1-10-5-12(21-18-10)6-11-8-19(9-15(11)20-2)14-3-4-17-7-13(14)16/h3-5,7,11,15H,6,8-9H2,1-2H3/t11-,15+/m1/s1. The van der Waals surface area contributed by atoms with E-state index in [1.165, 1.54) is 6.20 Å². The van der Waals surface area contributed by atoms with Gasteiger partial charge < -0.3 is 14.2 Å². The summed E-state index contributed by atoms with van der Waals surface area (Å²) in [5.41, 5.74) is 1.44. The van der Waals surface area contributed by atoms with Crippen LogP contribution in [0, 0.1) is 18.7 Å². The normalized spacial score (nSPS) is 22.0. The van der Waals surface area contributed by atoms with E-state index in [1.54, 1.807) is 19.4 Å². The Bertz CT molecular complexity index is 616. The van der Waals surface area contributed by atoms with E-state index >= 15 is 0 Å². The second kappa shape index (κ2) is 5.81. The summed E-state index contributed by atoms with van der Waals surface area (Å²) in [6.07, 6.45) is 3.63. The van der Waals surface area contributed by atoms with Gasteiger partial charge in [-0.3, -0.25) is 4.98 Å². The molecule has 2 aromatic heterocycles. The van der Waals surface area contributed by atoms with Crippen LogP contribution in [-0.2, 0) is 11.2 Å². The van der Waals surface area contributed by atoms with Crippen LogP contribution < -0.4 is 4.90 Å². The molecule has 0 radical (unpaired) electrons. The van der Waals surface area contributed by atoms with Gasteiger partial charge in [0.2, 0.25) is 0 Å². The number of aryl methyl sites for hydroxylation is 1. The Morgan fingerprint density at radius 1 is 1.48 bits per heavy atom. The average Bonchev–Trinajstić information content (AvgIpc) is 3.06. The van der Waals surface area contributed by atoms with E-state index in [0.717, 1.165) is 24.4 Å². The van der Waals surface area contributed by atoms with Crippen LogP contribution in [0.4, 0.5) is 10.1 Å². The SMILES string of the molecule is CO[C@H]1CN(c2ccncc2F)C[C@H]1Cc1cc(C)no1. The van der Waals surface area contributed by atoms with Crippen LogP contribution in [0.1, 0.15) is 11.5 Å². The molecule has 0 amide bonds. The van der Waals surface area contributed by atoms with Gasteiger partial charge in [0.25, 0.3) is 0 Å². The molecule has 3 heterocycles. The molecule has 21 heavy (non-hydrogen) atoms. The van der Waals surface area contributed by atoms with E-state index in [1.807, 2.05) is 17.9 Å². The molecule has 0 aliphatic carbocycles. The summed E-state index contributed by atoms with van der Waals surface area (Å²) in [5.74, 6) is 0.787. The van der Waals surface area contributed by atoms with Gasteiger partial charge >= 0.3 is 0 Å². The highest BCUT2D eigenvalue weighted by atomic mass is 19.1. The molecule has 1 aliphatic rings. The van der Waals surface area contributed by atoms with Crippen molar-refractivity contribution in [1.82, 2.24) is 10.1 Å². The summed E-state index contributed by atoms with van der Waals surface area (Å²) in [6, 6.07) is 3.63. The predicted molar refractivity (Wildman–Crippen MR) is 75.6 cm³/mol. The van der Waals surface area contributed by atoms with Crippen molar-refractivity contribution in [2.24, 2.45) is 5.92 Å². The molecule has 5 nitrogen and oxygen atoms in total. The lowest BCUT2D eigenvalue weighted by molar-refractivity contribution is 0.0813. The molecule has 1 saturated heterocycles. The van der Waals surface area contributed by atoms with Gasteiger partial charge in [-0.05, 0) is 13.0 Å². The molecule has 2 atom stereocenters. The maximum absolute atomic E-state index is 13.9. The first-order valence-electron chi connectivity index (χ1n) is 6.97. The lowest BCUT2D eigenvalue weighted by atomic mass is 10.0. The fourth-order valence-corrected chi connectivity index (χ4v) is 2.90. The molecule has 6 heteroatoms. The van der Waals surface area contributed by atoms with Gasteiger partial charge in [0.15, 0.2) is 5.82 Å². The number of methoxy groups -OCH3 is 1. The van der Waals surface area contributed by atoms with Gasteiger partial charge in [0.1, 0.15) is 5.76 Å². The van der Waals surface area contributed by atoms with Crippen LogP contribution in [0.5, 0.6) is 0 Å². The van der Waals surface area contributed by atoms with Gasteiger partial charge in [0.05, 0.1) is 23.7 Å². The van der Waals surface area contributed by atoms with E-state index in [2.05, 4.69) is 10.1 Å². The fraction of sp³-hybridized carbons (Fsp3) is 0.467. The molecule has 1 fully saturated rings. The highest BCUT2D eigenvalue weighted by molar-refractivity contribution is 5.47. The van der Waals surface area contributed by atoms with Gasteiger partial charge in [-0.2, -0.15) is 0 Å². The molecule has 112 valence electrons. The van der Waals surface area contributed by atoms with E-state index in [9.17, 15) is 4.39 Å². The number of rotatable bonds is 4. The first-order chi connectivity index (χ1) is 10.2. The monoisotopic (exact) mass is 291 g/mol. The molecular formula is C15H18FN3O2. The summed E-state index contributed by atoms with van der Waals surface area (Å²) in [5, 5.41) is 3.90. The molecule has 3 rings (SSSR count). The lowest BCUT2D eigenvalue weighted by Gasteiger charge is -2.18. The Balaban J connectivity index is 1.75. The quantitative estimate of drug-likeness (QED) is 0.864. The van der Waals surface area contributed by atoms with Crippen molar-refractivity contribution >= 4 is 5.69 Å². The minimum absolute atomic E-state index is 0.0444. The summed E-state index contributed by atoms with van der Waals surface area (Å²) >= 11 is 0. The van der Waals surface area contributed by atoms with Crippen LogP contribution in [0.25, 0.3) is 0 Å². The Labute approximate surface area is 122 Å². The average molecular weight is 291 g/mol. The minimum Gasteiger partial charge on any atom is -0.379 e. The summed E-state index contributed by atoms with van der Waals surface area (Å²) in [7, 11) is 1.69. The third-order valence-corrected chi connectivity index (χ3v) is 3.92. The zero-order valence-corrected chi connectivity index (χ0v) is 12.1. The highest BCUT2D eigenvalue weighted by Gasteiger charge is 2.34. The third-order valence-electron chi connectivity index (χ3n) is 3.92. The number of aromatic nitrogens is 2. The first-order valence-corrected chi connectivity index (χ1v) is 6.97. The Hall–Kier alpha value is -1.95. The molecular weight excluding hydrogens is 273 g/mol. The Morgan fingerprint density at radius 2 is 2.33 bits per heavy atom.